The number of benzene rings is 2. The number of nitrogens with one attached hydrogen (secondary N) is 1. The van der Waals surface area contributed by atoms with Gasteiger partial charge < -0.3 is 10.1 Å². The Morgan fingerprint density at radius 3 is 2.59 bits per heavy atom. The quantitative estimate of drug-likeness (QED) is 0.723. The molecule has 0 bridgehead atoms. The number of nitrogens with zero attached hydrogens (tertiary/aromatic N) is 2. The van der Waals surface area contributed by atoms with Crippen LogP contribution >= 0.6 is 0 Å². The van der Waals surface area contributed by atoms with Crippen molar-refractivity contribution in [3.8, 4) is 6.07 Å². The fourth-order valence-electron chi connectivity index (χ4n) is 3.05. The summed E-state index contributed by atoms with van der Waals surface area (Å²) in [5.41, 5.74) is 2.93. The van der Waals surface area contributed by atoms with Crippen molar-refractivity contribution in [3.05, 3.63) is 59.2 Å². The highest BCUT2D eigenvalue weighted by Crippen LogP contribution is 2.30. The number of anilines is 2. The van der Waals surface area contributed by atoms with E-state index in [9.17, 15) is 18.0 Å². The summed E-state index contributed by atoms with van der Waals surface area (Å²) in [6.45, 7) is -0.118. The number of nitriles is 1. The van der Waals surface area contributed by atoms with Gasteiger partial charge in [-0.3, -0.25) is 9.10 Å². The van der Waals surface area contributed by atoms with E-state index in [0.29, 0.717) is 24.3 Å². The number of rotatable bonds is 6. The number of sulfonamides is 1. The molecule has 29 heavy (non-hydrogen) atoms. The van der Waals surface area contributed by atoms with Gasteiger partial charge in [0.25, 0.3) is 5.91 Å². The van der Waals surface area contributed by atoms with Gasteiger partial charge in [0.05, 0.1) is 30.0 Å². The van der Waals surface area contributed by atoms with E-state index in [1.165, 1.54) is 10.4 Å². The van der Waals surface area contributed by atoms with Crippen LogP contribution in [0.2, 0.25) is 0 Å². The van der Waals surface area contributed by atoms with Gasteiger partial charge in [-0.1, -0.05) is 12.1 Å². The number of amides is 1. The molecule has 0 spiro atoms. The maximum absolute atomic E-state index is 12.2. The van der Waals surface area contributed by atoms with Crippen LogP contribution in [0.3, 0.4) is 0 Å². The molecule has 3 rings (SSSR count). The SMILES string of the molecule is CS(=O)(=O)N1CCc2cc(C(=O)OCC(=O)Nc3ccc(CC#N)cc3)ccc21. The second-order valence-corrected chi connectivity index (χ2v) is 8.49. The van der Waals surface area contributed by atoms with Crippen molar-refractivity contribution in [3.63, 3.8) is 0 Å². The summed E-state index contributed by atoms with van der Waals surface area (Å²) in [5, 5.41) is 11.3. The predicted octanol–water partition coefficient (Wildman–Crippen LogP) is 1.87. The van der Waals surface area contributed by atoms with E-state index < -0.39 is 28.5 Å². The van der Waals surface area contributed by atoms with Crippen LogP contribution in [0.5, 0.6) is 0 Å². The maximum atomic E-state index is 12.2. The summed E-state index contributed by atoms with van der Waals surface area (Å²) < 4.78 is 29.9. The Morgan fingerprint density at radius 1 is 1.21 bits per heavy atom. The zero-order valence-electron chi connectivity index (χ0n) is 15.7. The molecule has 0 saturated carbocycles. The number of hydrogen-bond acceptors (Lipinski definition) is 6. The van der Waals surface area contributed by atoms with Crippen LogP contribution in [-0.2, 0) is 32.4 Å². The van der Waals surface area contributed by atoms with E-state index >= 15 is 0 Å². The second-order valence-electron chi connectivity index (χ2n) is 6.58. The van der Waals surface area contributed by atoms with Crippen molar-refractivity contribution < 1.29 is 22.7 Å². The topological polar surface area (TPSA) is 117 Å². The zero-order valence-corrected chi connectivity index (χ0v) is 16.5. The van der Waals surface area contributed by atoms with E-state index in [1.54, 1.807) is 36.4 Å². The fourth-order valence-corrected chi connectivity index (χ4v) is 4.01. The Bertz CT molecular complexity index is 1090. The number of ether oxygens (including phenoxy) is 1. The van der Waals surface area contributed by atoms with Gasteiger partial charge in [-0.2, -0.15) is 5.26 Å². The molecule has 0 saturated heterocycles. The van der Waals surface area contributed by atoms with Crippen LogP contribution in [-0.4, -0.2) is 39.7 Å². The first-order valence-electron chi connectivity index (χ1n) is 8.81. The van der Waals surface area contributed by atoms with E-state index in [0.717, 1.165) is 17.4 Å². The molecule has 2 aromatic rings. The molecule has 0 aromatic heterocycles. The third-order valence-electron chi connectivity index (χ3n) is 4.42. The van der Waals surface area contributed by atoms with Gasteiger partial charge in [0, 0.05) is 12.2 Å². The van der Waals surface area contributed by atoms with Crippen molar-refractivity contribution in [1.82, 2.24) is 0 Å². The van der Waals surface area contributed by atoms with Gasteiger partial charge in [-0.25, -0.2) is 13.2 Å². The van der Waals surface area contributed by atoms with Crippen molar-refractivity contribution in [2.24, 2.45) is 0 Å². The first kappa shape index (κ1) is 20.4. The predicted molar refractivity (Wildman–Crippen MR) is 107 cm³/mol. The molecule has 9 heteroatoms. The van der Waals surface area contributed by atoms with Crippen molar-refractivity contribution in [2.45, 2.75) is 12.8 Å². The molecular weight excluding hydrogens is 394 g/mol. The highest BCUT2D eigenvalue weighted by Gasteiger charge is 2.27. The number of carbonyl (C=O) groups is 2. The molecule has 1 aliphatic heterocycles. The van der Waals surface area contributed by atoms with Crippen molar-refractivity contribution in [2.75, 3.05) is 29.0 Å². The Morgan fingerprint density at radius 2 is 1.93 bits per heavy atom. The first-order chi connectivity index (χ1) is 13.8. The minimum atomic E-state index is -3.36. The van der Waals surface area contributed by atoms with E-state index in [4.69, 9.17) is 10.00 Å². The molecule has 0 unspecified atom stereocenters. The Labute approximate surface area is 168 Å². The third-order valence-corrected chi connectivity index (χ3v) is 5.60. The molecule has 0 radical (unpaired) electrons. The smallest absolute Gasteiger partial charge is 0.338 e. The molecule has 150 valence electrons. The lowest BCUT2D eigenvalue weighted by Gasteiger charge is -2.16. The molecule has 0 atom stereocenters. The van der Waals surface area contributed by atoms with Gasteiger partial charge in [0.2, 0.25) is 10.0 Å². The summed E-state index contributed by atoms with van der Waals surface area (Å²) >= 11 is 0. The maximum Gasteiger partial charge on any atom is 0.338 e. The highest BCUT2D eigenvalue weighted by atomic mass is 32.2. The number of esters is 1. The molecule has 1 heterocycles. The summed E-state index contributed by atoms with van der Waals surface area (Å²) in [6, 6.07) is 13.5. The Balaban J connectivity index is 1.57. The molecular formula is C20H19N3O5S. The molecule has 1 aliphatic rings. The molecule has 1 amide bonds. The van der Waals surface area contributed by atoms with Gasteiger partial charge in [0.1, 0.15) is 0 Å². The van der Waals surface area contributed by atoms with Gasteiger partial charge >= 0.3 is 5.97 Å². The lowest BCUT2D eigenvalue weighted by Crippen LogP contribution is -2.27. The third kappa shape index (κ3) is 4.92. The highest BCUT2D eigenvalue weighted by molar-refractivity contribution is 7.92. The van der Waals surface area contributed by atoms with E-state index in [2.05, 4.69) is 5.32 Å². The van der Waals surface area contributed by atoms with Crippen LogP contribution in [0, 0.1) is 11.3 Å². The van der Waals surface area contributed by atoms with E-state index in [-0.39, 0.29) is 12.0 Å². The summed E-state index contributed by atoms with van der Waals surface area (Å²) in [6.07, 6.45) is 1.93. The van der Waals surface area contributed by atoms with Crippen LogP contribution in [0.15, 0.2) is 42.5 Å². The average molecular weight is 413 g/mol. The number of hydrogen-bond donors (Lipinski definition) is 1. The number of fused-ring (bicyclic) bond motifs is 1. The minimum absolute atomic E-state index is 0.257. The summed E-state index contributed by atoms with van der Waals surface area (Å²) in [5.74, 6) is -1.15. The normalized spacial score (nSPS) is 12.8. The van der Waals surface area contributed by atoms with Crippen molar-refractivity contribution >= 4 is 33.3 Å². The minimum Gasteiger partial charge on any atom is -0.452 e. The Hall–Kier alpha value is -3.38. The largest absolute Gasteiger partial charge is 0.452 e. The zero-order chi connectivity index (χ0) is 21.0. The fraction of sp³-hybridized carbons (Fsp3) is 0.250. The first-order valence-corrected chi connectivity index (χ1v) is 10.7. The molecule has 2 aromatic carbocycles. The van der Waals surface area contributed by atoms with Crippen LogP contribution in [0.4, 0.5) is 11.4 Å². The van der Waals surface area contributed by atoms with Crippen LogP contribution < -0.4 is 9.62 Å². The standard InChI is InChI=1S/C20H19N3O5S/c1-29(26,27)23-11-9-15-12-16(4-7-18(15)23)20(25)28-13-19(24)22-17-5-2-14(3-6-17)8-10-21/h2-7,12H,8-9,11,13H2,1H3,(H,22,24). The van der Waals surface area contributed by atoms with Gasteiger partial charge in [-0.05, 0) is 47.9 Å². The van der Waals surface area contributed by atoms with Crippen molar-refractivity contribution in [1.29, 1.82) is 5.26 Å². The summed E-state index contributed by atoms with van der Waals surface area (Å²) in [7, 11) is -3.36. The van der Waals surface area contributed by atoms with Gasteiger partial charge in [0.15, 0.2) is 6.61 Å². The molecule has 0 fully saturated rings. The monoisotopic (exact) mass is 413 g/mol. The van der Waals surface area contributed by atoms with E-state index in [1.807, 2.05) is 6.07 Å². The average Bonchev–Trinajstić information content (AvgIpc) is 3.11. The second kappa shape index (κ2) is 8.32. The molecule has 0 aliphatic carbocycles. The van der Waals surface area contributed by atoms with Crippen LogP contribution in [0.25, 0.3) is 0 Å². The molecule has 8 nitrogen and oxygen atoms in total. The lowest BCUT2D eigenvalue weighted by atomic mass is 10.1. The molecule has 1 N–H and O–H groups in total. The number of carbonyl (C=O) groups excluding carboxylic acids is 2. The Kier molecular flexibility index (Phi) is 5.84. The van der Waals surface area contributed by atoms with Crippen LogP contribution in [0.1, 0.15) is 21.5 Å². The lowest BCUT2D eigenvalue weighted by molar-refractivity contribution is -0.119. The summed E-state index contributed by atoms with van der Waals surface area (Å²) in [4.78, 5) is 24.2. The van der Waals surface area contributed by atoms with Gasteiger partial charge in [-0.15, -0.1) is 0 Å².